The van der Waals surface area contributed by atoms with Gasteiger partial charge in [-0.25, -0.2) is 4.98 Å². The quantitative estimate of drug-likeness (QED) is 0.639. The summed E-state index contributed by atoms with van der Waals surface area (Å²) in [5.41, 5.74) is 6.05. The Morgan fingerprint density at radius 3 is 2.43 bits per heavy atom. The predicted molar refractivity (Wildman–Crippen MR) is 88.9 cm³/mol. The molecular formula is C18H19ClN2. The van der Waals surface area contributed by atoms with E-state index in [1.165, 1.54) is 16.7 Å². The Morgan fingerprint density at radius 1 is 1.05 bits per heavy atom. The normalized spacial score (nSPS) is 11.2. The number of benzene rings is 2. The molecule has 1 aromatic heterocycles. The molecule has 0 bridgehead atoms. The zero-order valence-corrected chi connectivity index (χ0v) is 13.2. The molecule has 3 heteroatoms. The summed E-state index contributed by atoms with van der Waals surface area (Å²) < 4.78 is 2.21. The van der Waals surface area contributed by atoms with E-state index in [0.29, 0.717) is 5.88 Å². The number of aromatic nitrogens is 2. The van der Waals surface area contributed by atoms with Gasteiger partial charge in [0, 0.05) is 6.54 Å². The second-order valence-corrected chi connectivity index (χ2v) is 5.68. The molecule has 0 radical (unpaired) electrons. The highest BCUT2D eigenvalue weighted by molar-refractivity contribution is 6.16. The monoisotopic (exact) mass is 298 g/mol. The Kier molecular flexibility index (Phi) is 3.98. The van der Waals surface area contributed by atoms with E-state index >= 15 is 0 Å². The molecule has 0 amide bonds. The number of halogens is 1. The number of nitrogens with zero attached hydrogens (tertiary/aromatic N) is 2. The smallest absolute Gasteiger partial charge is 0.125 e. The number of imidazole rings is 1. The Bertz CT molecular complexity index is 757. The lowest BCUT2D eigenvalue weighted by Gasteiger charge is -2.08. The third-order valence-electron chi connectivity index (χ3n) is 3.88. The zero-order valence-electron chi connectivity index (χ0n) is 12.4. The van der Waals surface area contributed by atoms with Crippen molar-refractivity contribution in [3.8, 4) is 0 Å². The summed E-state index contributed by atoms with van der Waals surface area (Å²) in [7, 11) is 0. The van der Waals surface area contributed by atoms with E-state index in [-0.39, 0.29) is 0 Å². The van der Waals surface area contributed by atoms with E-state index in [0.717, 1.165) is 29.8 Å². The molecule has 0 fully saturated rings. The first-order valence-corrected chi connectivity index (χ1v) is 7.84. The second-order valence-electron chi connectivity index (χ2n) is 5.41. The van der Waals surface area contributed by atoms with E-state index in [4.69, 9.17) is 11.6 Å². The SMILES string of the molecule is CCc1ccc2c(c1)nc(CCl)n2Cc1ccc(C)cc1. The molecule has 3 rings (SSSR count). The van der Waals surface area contributed by atoms with Crippen molar-refractivity contribution in [3.05, 3.63) is 65.0 Å². The minimum absolute atomic E-state index is 0.433. The second kappa shape index (κ2) is 5.90. The third-order valence-corrected chi connectivity index (χ3v) is 4.12. The van der Waals surface area contributed by atoms with Gasteiger partial charge in [-0.3, -0.25) is 0 Å². The highest BCUT2D eigenvalue weighted by Gasteiger charge is 2.10. The first-order valence-electron chi connectivity index (χ1n) is 7.31. The van der Waals surface area contributed by atoms with Gasteiger partial charge in [0.25, 0.3) is 0 Å². The van der Waals surface area contributed by atoms with E-state index in [2.05, 4.69) is 65.9 Å². The summed E-state index contributed by atoms with van der Waals surface area (Å²) in [6.07, 6.45) is 1.02. The fourth-order valence-corrected chi connectivity index (χ4v) is 2.80. The molecule has 2 aromatic carbocycles. The molecule has 0 aliphatic carbocycles. The molecular weight excluding hydrogens is 280 g/mol. The molecule has 0 aliphatic heterocycles. The number of rotatable bonds is 4. The van der Waals surface area contributed by atoms with Crippen LogP contribution in [0.2, 0.25) is 0 Å². The Balaban J connectivity index is 2.05. The number of hydrogen-bond acceptors (Lipinski definition) is 1. The summed E-state index contributed by atoms with van der Waals surface area (Å²) >= 11 is 6.09. The van der Waals surface area contributed by atoms with Crippen molar-refractivity contribution >= 4 is 22.6 Å². The van der Waals surface area contributed by atoms with Gasteiger partial charge in [-0.15, -0.1) is 11.6 Å². The fourth-order valence-electron chi connectivity index (χ4n) is 2.60. The van der Waals surface area contributed by atoms with Gasteiger partial charge in [0.2, 0.25) is 0 Å². The molecule has 0 aliphatic rings. The van der Waals surface area contributed by atoms with Crippen molar-refractivity contribution in [1.82, 2.24) is 9.55 Å². The van der Waals surface area contributed by atoms with Gasteiger partial charge >= 0.3 is 0 Å². The van der Waals surface area contributed by atoms with Crippen LogP contribution < -0.4 is 0 Å². The average Bonchev–Trinajstić information content (AvgIpc) is 2.86. The predicted octanol–water partition coefficient (Wildman–Crippen LogP) is 4.69. The van der Waals surface area contributed by atoms with Crippen LogP contribution in [0.4, 0.5) is 0 Å². The summed E-state index contributed by atoms with van der Waals surface area (Å²) in [6, 6.07) is 15.1. The molecule has 108 valence electrons. The van der Waals surface area contributed by atoms with Crippen LogP contribution in [-0.4, -0.2) is 9.55 Å². The van der Waals surface area contributed by atoms with Crippen LogP contribution in [0.1, 0.15) is 29.4 Å². The summed E-state index contributed by atoms with van der Waals surface area (Å²) in [6.45, 7) is 5.07. The van der Waals surface area contributed by atoms with E-state index < -0.39 is 0 Å². The van der Waals surface area contributed by atoms with Gasteiger partial charge in [0.15, 0.2) is 0 Å². The summed E-state index contributed by atoms with van der Waals surface area (Å²) in [4.78, 5) is 4.68. The van der Waals surface area contributed by atoms with E-state index in [1.807, 2.05) is 0 Å². The van der Waals surface area contributed by atoms with Crippen molar-refractivity contribution < 1.29 is 0 Å². The molecule has 0 spiro atoms. The van der Waals surface area contributed by atoms with Gasteiger partial charge in [-0.1, -0.05) is 42.8 Å². The van der Waals surface area contributed by atoms with Crippen LogP contribution >= 0.6 is 11.6 Å². The Morgan fingerprint density at radius 2 is 1.76 bits per heavy atom. The Hall–Kier alpha value is -1.80. The summed E-state index contributed by atoms with van der Waals surface area (Å²) in [5, 5.41) is 0. The van der Waals surface area contributed by atoms with Crippen molar-refractivity contribution in [3.63, 3.8) is 0 Å². The molecule has 0 N–H and O–H groups in total. The highest BCUT2D eigenvalue weighted by atomic mass is 35.5. The lowest BCUT2D eigenvalue weighted by molar-refractivity contribution is 0.778. The lowest BCUT2D eigenvalue weighted by Crippen LogP contribution is -2.03. The van der Waals surface area contributed by atoms with E-state index in [1.54, 1.807) is 0 Å². The highest BCUT2D eigenvalue weighted by Crippen LogP contribution is 2.21. The Labute approximate surface area is 130 Å². The number of hydrogen-bond donors (Lipinski definition) is 0. The fraction of sp³-hybridized carbons (Fsp3) is 0.278. The van der Waals surface area contributed by atoms with Gasteiger partial charge in [0.05, 0.1) is 16.9 Å². The molecule has 1 heterocycles. The maximum Gasteiger partial charge on any atom is 0.125 e. The number of alkyl halides is 1. The molecule has 0 saturated carbocycles. The molecule has 0 atom stereocenters. The minimum atomic E-state index is 0.433. The minimum Gasteiger partial charge on any atom is -0.322 e. The van der Waals surface area contributed by atoms with Crippen molar-refractivity contribution in [1.29, 1.82) is 0 Å². The van der Waals surface area contributed by atoms with Crippen molar-refractivity contribution in [2.75, 3.05) is 0 Å². The van der Waals surface area contributed by atoms with Gasteiger partial charge in [-0.05, 0) is 36.6 Å². The number of aryl methyl sites for hydroxylation is 2. The van der Waals surface area contributed by atoms with Crippen LogP contribution in [-0.2, 0) is 18.8 Å². The lowest BCUT2D eigenvalue weighted by atomic mass is 10.1. The maximum atomic E-state index is 6.09. The van der Waals surface area contributed by atoms with Crippen LogP contribution in [0.15, 0.2) is 42.5 Å². The molecule has 0 unspecified atom stereocenters. The topological polar surface area (TPSA) is 17.8 Å². The molecule has 2 nitrogen and oxygen atoms in total. The summed E-state index contributed by atoms with van der Waals surface area (Å²) in [5.74, 6) is 1.36. The standard InChI is InChI=1S/C18H19ClN2/c1-3-14-8-9-17-16(10-14)20-18(11-19)21(17)12-15-6-4-13(2)5-7-15/h4-10H,3,11-12H2,1-2H3. The first-order chi connectivity index (χ1) is 10.2. The molecule has 21 heavy (non-hydrogen) atoms. The van der Waals surface area contributed by atoms with Crippen molar-refractivity contribution in [2.24, 2.45) is 0 Å². The van der Waals surface area contributed by atoms with Crippen LogP contribution in [0, 0.1) is 6.92 Å². The van der Waals surface area contributed by atoms with Crippen LogP contribution in [0.3, 0.4) is 0 Å². The van der Waals surface area contributed by atoms with Crippen molar-refractivity contribution in [2.45, 2.75) is 32.7 Å². The van der Waals surface area contributed by atoms with Gasteiger partial charge in [0.1, 0.15) is 5.82 Å². The third kappa shape index (κ3) is 2.81. The van der Waals surface area contributed by atoms with E-state index in [9.17, 15) is 0 Å². The van der Waals surface area contributed by atoms with Gasteiger partial charge in [-0.2, -0.15) is 0 Å². The molecule has 3 aromatic rings. The first kappa shape index (κ1) is 14.2. The van der Waals surface area contributed by atoms with Crippen LogP contribution in [0.5, 0.6) is 0 Å². The largest absolute Gasteiger partial charge is 0.322 e. The maximum absolute atomic E-state index is 6.09. The molecule has 0 saturated heterocycles. The average molecular weight is 299 g/mol. The zero-order chi connectivity index (χ0) is 14.8. The van der Waals surface area contributed by atoms with Crippen LogP contribution in [0.25, 0.3) is 11.0 Å². The van der Waals surface area contributed by atoms with Gasteiger partial charge < -0.3 is 4.57 Å². The number of fused-ring (bicyclic) bond motifs is 1.